The summed E-state index contributed by atoms with van der Waals surface area (Å²) in [7, 11) is 1.52. The van der Waals surface area contributed by atoms with Gasteiger partial charge in [-0.1, -0.05) is 103 Å². The van der Waals surface area contributed by atoms with E-state index in [1.807, 2.05) is 19.9 Å². The molecule has 0 spiro atoms. The van der Waals surface area contributed by atoms with Crippen LogP contribution in [0.15, 0.2) is 105 Å². The highest BCUT2D eigenvalue weighted by atomic mass is 16.6. The predicted octanol–water partition coefficient (Wildman–Crippen LogP) is 10.8. The molecule has 7 unspecified atom stereocenters. The number of carbonyl (C=O) groups is 2. The number of methoxy groups -OCH3 is 1. The second-order valence-electron chi connectivity index (χ2n) is 20.9. The van der Waals surface area contributed by atoms with Crippen molar-refractivity contribution in [1.29, 1.82) is 0 Å². The molecule has 10 rings (SSSR count). The maximum Gasteiger partial charge on any atom is 0.340 e. The summed E-state index contributed by atoms with van der Waals surface area (Å²) < 4.78 is 33.1. The first-order chi connectivity index (χ1) is 34.6. The molecule has 5 aliphatic rings. The monoisotopic (exact) mass is 958 g/mol. The van der Waals surface area contributed by atoms with Crippen LogP contribution in [0.4, 0.5) is 0 Å². The number of allylic oxidation sites excluding steroid dienone is 1. The number of esters is 2. The molecule has 2 N–H and O–H groups in total. The van der Waals surface area contributed by atoms with Crippen LogP contribution in [0.3, 0.4) is 0 Å². The van der Waals surface area contributed by atoms with Crippen molar-refractivity contribution in [1.82, 2.24) is 0 Å². The molecular formula is C61H66O10. The minimum atomic E-state index is -1.27. The van der Waals surface area contributed by atoms with Gasteiger partial charge in [0.1, 0.15) is 11.3 Å². The van der Waals surface area contributed by atoms with Gasteiger partial charge in [-0.3, -0.25) is 4.79 Å². The zero-order valence-electron chi connectivity index (χ0n) is 41.3. The quantitative estimate of drug-likeness (QED) is 0.0601. The molecule has 4 aromatic carbocycles. The predicted molar refractivity (Wildman–Crippen MR) is 271 cm³/mol. The lowest BCUT2D eigenvalue weighted by Gasteiger charge is -2.49. The number of fused-ring (bicyclic) bond motifs is 9. The molecule has 5 aromatic rings. The summed E-state index contributed by atoms with van der Waals surface area (Å²) in [6, 6.07) is 29.7. The van der Waals surface area contributed by atoms with Gasteiger partial charge in [0, 0.05) is 54.9 Å². The number of hydrogen-bond acceptors (Lipinski definition) is 10. The first kappa shape index (κ1) is 48.6. The van der Waals surface area contributed by atoms with Crippen LogP contribution in [0.5, 0.6) is 5.75 Å². The van der Waals surface area contributed by atoms with Crippen LogP contribution in [0.1, 0.15) is 158 Å². The van der Waals surface area contributed by atoms with E-state index in [2.05, 4.69) is 78.6 Å². The number of aliphatic hydroxyl groups excluding tert-OH is 2. The average Bonchev–Trinajstić information content (AvgIpc) is 3.92. The third-order valence-corrected chi connectivity index (χ3v) is 16.5. The molecule has 3 aliphatic heterocycles. The van der Waals surface area contributed by atoms with E-state index >= 15 is 9.59 Å². The van der Waals surface area contributed by atoms with Gasteiger partial charge in [-0.2, -0.15) is 0 Å². The minimum Gasteiger partial charge on any atom is -0.481 e. The van der Waals surface area contributed by atoms with Crippen LogP contribution < -0.4 is 10.4 Å². The van der Waals surface area contributed by atoms with Crippen molar-refractivity contribution in [2.75, 3.05) is 20.3 Å². The van der Waals surface area contributed by atoms with Crippen LogP contribution in [0.25, 0.3) is 11.0 Å². The zero-order valence-corrected chi connectivity index (χ0v) is 41.3. The van der Waals surface area contributed by atoms with Crippen molar-refractivity contribution in [2.24, 2.45) is 11.8 Å². The maximum atomic E-state index is 15.4. The van der Waals surface area contributed by atoms with Crippen molar-refractivity contribution in [3.63, 3.8) is 0 Å². The highest BCUT2D eigenvalue weighted by molar-refractivity contribution is 5.90. The van der Waals surface area contributed by atoms with Gasteiger partial charge in [0.05, 0.1) is 25.2 Å². The van der Waals surface area contributed by atoms with Crippen molar-refractivity contribution >= 4 is 22.9 Å². The number of benzene rings is 4. The van der Waals surface area contributed by atoms with E-state index in [4.69, 9.17) is 23.4 Å². The lowest BCUT2D eigenvalue weighted by atomic mass is 9.67. The fourth-order valence-electron chi connectivity index (χ4n) is 13.0. The van der Waals surface area contributed by atoms with Gasteiger partial charge in [-0.05, 0) is 140 Å². The van der Waals surface area contributed by atoms with Crippen molar-refractivity contribution in [2.45, 2.75) is 146 Å². The molecular weight excluding hydrogens is 893 g/mol. The first-order valence-corrected chi connectivity index (χ1v) is 25.9. The lowest BCUT2D eigenvalue weighted by molar-refractivity contribution is -0.201. The molecule has 0 amide bonds. The summed E-state index contributed by atoms with van der Waals surface area (Å²) in [5, 5.41) is 21.5. The Kier molecular flexibility index (Phi) is 14.4. The molecule has 10 nitrogen and oxygen atoms in total. The van der Waals surface area contributed by atoms with E-state index in [1.54, 1.807) is 12.1 Å². The number of hydrogen-bond donors (Lipinski definition) is 2. The van der Waals surface area contributed by atoms with Crippen LogP contribution in [0, 0.1) is 23.7 Å². The molecule has 2 fully saturated rings. The Morgan fingerprint density at radius 1 is 0.873 bits per heavy atom. The van der Waals surface area contributed by atoms with Gasteiger partial charge in [-0.25, -0.2) is 9.59 Å². The largest absolute Gasteiger partial charge is 0.481 e. The summed E-state index contributed by atoms with van der Waals surface area (Å²) in [5.41, 5.74) is 7.54. The molecule has 71 heavy (non-hydrogen) atoms. The molecule has 7 atom stereocenters. The Labute approximate surface area is 416 Å². The molecule has 4 heterocycles. The van der Waals surface area contributed by atoms with E-state index in [-0.39, 0.29) is 72.9 Å². The van der Waals surface area contributed by atoms with Crippen molar-refractivity contribution in [3.8, 4) is 17.6 Å². The molecule has 2 aliphatic carbocycles. The average molecular weight is 959 g/mol. The van der Waals surface area contributed by atoms with E-state index < -0.39 is 47.9 Å². The second-order valence-corrected chi connectivity index (χ2v) is 20.9. The first-order valence-electron chi connectivity index (χ1n) is 25.9. The van der Waals surface area contributed by atoms with Gasteiger partial charge in [0.15, 0.2) is 17.8 Å². The third-order valence-electron chi connectivity index (χ3n) is 16.5. The van der Waals surface area contributed by atoms with Crippen LogP contribution in [-0.2, 0) is 49.7 Å². The van der Waals surface area contributed by atoms with Gasteiger partial charge < -0.3 is 33.6 Å². The van der Waals surface area contributed by atoms with Crippen LogP contribution in [-0.4, -0.2) is 54.2 Å². The Morgan fingerprint density at radius 2 is 1.69 bits per heavy atom. The van der Waals surface area contributed by atoms with E-state index in [9.17, 15) is 15.0 Å². The molecule has 2 saturated carbocycles. The number of aryl methyl sites for hydroxylation is 1. The number of ether oxygens (including phenoxy) is 4. The third kappa shape index (κ3) is 9.61. The fourth-order valence-corrected chi connectivity index (χ4v) is 13.0. The van der Waals surface area contributed by atoms with Gasteiger partial charge in [0.2, 0.25) is 0 Å². The molecule has 1 aromatic heterocycles. The minimum absolute atomic E-state index is 0.0536. The second kappa shape index (κ2) is 21.0. The molecule has 5 bridgehead atoms. The smallest absolute Gasteiger partial charge is 0.340 e. The Bertz CT molecular complexity index is 2940. The molecule has 0 radical (unpaired) electrons. The normalized spacial score (nSPS) is 24.9. The summed E-state index contributed by atoms with van der Waals surface area (Å²) in [5.74, 6) is 5.99. The van der Waals surface area contributed by atoms with E-state index in [0.29, 0.717) is 41.5 Å². The number of aliphatic hydroxyl groups is 2. The topological polar surface area (TPSA) is 142 Å². The Hall–Kier alpha value is -5.99. The zero-order chi connectivity index (χ0) is 49.2. The lowest BCUT2D eigenvalue weighted by Crippen LogP contribution is -2.59. The van der Waals surface area contributed by atoms with E-state index in [1.165, 1.54) is 29.4 Å². The highest BCUT2D eigenvalue weighted by Crippen LogP contribution is 2.55. The van der Waals surface area contributed by atoms with Gasteiger partial charge in [0.25, 0.3) is 0 Å². The van der Waals surface area contributed by atoms with Crippen LogP contribution >= 0.6 is 0 Å². The number of carbonyl (C=O) groups excluding carboxylic acids is 2. The fraction of sp³-hybridized carbons (Fsp3) is 0.459. The van der Waals surface area contributed by atoms with Gasteiger partial charge in [-0.15, -0.1) is 0 Å². The van der Waals surface area contributed by atoms with Crippen molar-refractivity contribution in [3.05, 3.63) is 157 Å². The summed E-state index contributed by atoms with van der Waals surface area (Å²) in [6.07, 6.45) is 6.50. The van der Waals surface area contributed by atoms with Crippen LogP contribution in [0.2, 0.25) is 0 Å². The van der Waals surface area contributed by atoms with Gasteiger partial charge >= 0.3 is 17.6 Å². The standard InChI is InChI=1S/C61H66O10/c1-37(2)47-22-19-39-20-23-48-43(31-39)15-9-10-28-61(46-17-7-8-18-46)58(70-59(47)65)57(55-52(71-61)26-25-50-51(35-63)54(60(66)69-56(50)55)44(27-29-62)36-67-3)68-53(64)34-45-33-42(21-24-49(45)48)41-16-11-14-40(32-41)30-38-12-5-4-6-13-38/h4-6,11-14,16,20,23,25-26,31-32,42,44-46,49,57-58,62-63H,7-8,15,17-19,21-22,24,27-30,33-36H2,1-3H3. The summed E-state index contributed by atoms with van der Waals surface area (Å²) in [4.78, 5) is 44.8. The molecule has 10 heteroatoms. The highest BCUT2D eigenvalue weighted by Gasteiger charge is 2.59. The number of rotatable bonds is 10. The SMILES string of the molecule is COCC(CCO)c1c(CO)c2ccc3c(c2oc1=O)C1OC(=O)CC2CC(c4cccc(Cc5ccccc5)c4)CCC2c2ccc4cc2CC#CCC(C2CCCC2)(O3)C1OC(=O)C(=C(C)C)CC4. The van der Waals surface area contributed by atoms with Crippen molar-refractivity contribution < 1.29 is 43.2 Å². The summed E-state index contributed by atoms with van der Waals surface area (Å²) in [6.45, 7) is 3.23. The molecule has 370 valence electrons. The Balaban J connectivity index is 1.15. The Morgan fingerprint density at radius 3 is 2.46 bits per heavy atom. The van der Waals surface area contributed by atoms with E-state index in [0.717, 1.165) is 68.1 Å². The molecule has 0 saturated heterocycles. The maximum absolute atomic E-state index is 15.4. The summed E-state index contributed by atoms with van der Waals surface area (Å²) >= 11 is 0.